The van der Waals surface area contributed by atoms with Gasteiger partial charge in [-0.3, -0.25) is 4.79 Å². The maximum atomic E-state index is 11.6. The van der Waals surface area contributed by atoms with Gasteiger partial charge in [0.2, 0.25) is 5.91 Å². The quantitative estimate of drug-likeness (QED) is 0.769. The van der Waals surface area contributed by atoms with E-state index < -0.39 is 6.04 Å². The molecule has 0 spiro atoms. The van der Waals surface area contributed by atoms with E-state index >= 15 is 0 Å². The van der Waals surface area contributed by atoms with E-state index in [-0.39, 0.29) is 11.3 Å². The summed E-state index contributed by atoms with van der Waals surface area (Å²) in [5, 5.41) is 6.38. The molecule has 5 heteroatoms. The largest absolute Gasteiger partial charge is 0.364 e. The molecule has 5 nitrogen and oxygen atoms in total. The van der Waals surface area contributed by atoms with E-state index in [2.05, 4.69) is 15.0 Å². The molecule has 3 N–H and O–H groups in total. The zero-order valence-electron chi connectivity index (χ0n) is 9.28. The van der Waals surface area contributed by atoms with Gasteiger partial charge in [-0.25, -0.2) is 0 Å². The molecule has 0 aliphatic rings. The summed E-state index contributed by atoms with van der Waals surface area (Å²) in [4.78, 5) is 11.6. The van der Waals surface area contributed by atoms with E-state index in [4.69, 9.17) is 5.73 Å². The van der Waals surface area contributed by atoms with Gasteiger partial charge in [0, 0.05) is 6.07 Å². The molecule has 0 radical (unpaired) electrons. The molecule has 1 amide bonds. The predicted octanol–water partition coefficient (Wildman–Crippen LogP) is 0.664. The van der Waals surface area contributed by atoms with E-state index in [0.29, 0.717) is 12.2 Å². The summed E-state index contributed by atoms with van der Waals surface area (Å²) in [6, 6.07) is 1.17. The number of nitrogens with one attached hydrogen (secondary N) is 1. The molecular weight excluding hydrogens is 194 g/mol. The zero-order chi connectivity index (χ0) is 11.5. The van der Waals surface area contributed by atoms with Gasteiger partial charge in [-0.05, 0) is 5.41 Å². The standard InChI is InChI=1S/C10H17N3O2/c1-10(2,3)8(11)9(14)12-6-7-4-5-15-13-7/h4-5,8H,6,11H2,1-3H3,(H,12,14). The first kappa shape index (κ1) is 11.7. The molecule has 0 fully saturated rings. The van der Waals surface area contributed by atoms with Crippen LogP contribution in [0.4, 0.5) is 0 Å². The number of hydrogen-bond acceptors (Lipinski definition) is 4. The Morgan fingerprint density at radius 1 is 1.67 bits per heavy atom. The van der Waals surface area contributed by atoms with Crippen molar-refractivity contribution in [3.8, 4) is 0 Å². The Bertz CT molecular complexity index is 314. The first-order chi connectivity index (χ1) is 6.91. The molecule has 0 aromatic carbocycles. The molecular formula is C10H17N3O2. The van der Waals surface area contributed by atoms with Crippen LogP contribution in [0.15, 0.2) is 16.9 Å². The highest BCUT2D eigenvalue weighted by Gasteiger charge is 2.27. The summed E-state index contributed by atoms with van der Waals surface area (Å²) in [6.45, 7) is 6.12. The molecule has 1 aromatic heterocycles. The number of hydrogen-bond donors (Lipinski definition) is 2. The first-order valence-corrected chi connectivity index (χ1v) is 4.84. The van der Waals surface area contributed by atoms with Gasteiger partial charge in [-0.15, -0.1) is 0 Å². The lowest BCUT2D eigenvalue weighted by molar-refractivity contribution is -0.124. The van der Waals surface area contributed by atoms with Crippen LogP contribution in [0.1, 0.15) is 26.5 Å². The summed E-state index contributed by atoms with van der Waals surface area (Å²) in [5.74, 6) is -0.175. The van der Waals surface area contributed by atoms with Crippen LogP contribution in [0.3, 0.4) is 0 Å². The highest BCUT2D eigenvalue weighted by molar-refractivity contribution is 5.82. The summed E-state index contributed by atoms with van der Waals surface area (Å²) in [6.07, 6.45) is 1.46. The second-order valence-electron chi connectivity index (χ2n) is 4.55. The molecule has 0 saturated carbocycles. The van der Waals surface area contributed by atoms with Gasteiger partial charge in [0.25, 0.3) is 0 Å². The number of rotatable bonds is 3. The minimum Gasteiger partial charge on any atom is -0.364 e. The van der Waals surface area contributed by atoms with Crippen LogP contribution in [0.5, 0.6) is 0 Å². The van der Waals surface area contributed by atoms with E-state index in [1.165, 1.54) is 6.26 Å². The maximum absolute atomic E-state index is 11.6. The Labute approximate surface area is 89.0 Å². The third-order valence-electron chi connectivity index (χ3n) is 2.15. The lowest BCUT2D eigenvalue weighted by Crippen LogP contribution is -2.48. The second kappa shape index (κ2) is 4.44. The molecule has 1 rings (SSSR count). The van der Waals surface area contributed by atoms with Crippen molar-refractivity contribution in [1.29, 1.82) is 0 Å². The third-order valence-corrected chi connectivity index (χ3v) is 2.15. The van der Waals surface area contributed by atoms with E-state index in [1.54, 1.807) is 6.07 Å². The highest BCUT2D eigenvalue weighted by Crippen LogP contribution is 2.17. The highest BCUT2D eigenvalue weighted by atomic mass is 16.5. The SMILES string of the molecule is CC(C)(C)C(N)C(=O)NCc1ccon1. The fourth-order valence-corrected chi connectivity index (χ4v) is 1.01. The van der Waals surface area contributed by atoms with Crippen molar-refractivity contribution in [1.82, 2.24) is 10.5 Å². The zero-order valence-corrected chi connectivity index (χ0v) is 9.28. The third kappa shape index (κ3) is 3.36. The molecule has 0 saturated heterocycles. The number of nitrogens with zero attached hydrogens (tertiary/aromatic N) is 1. The lowest BCUT2D eigenvalue weighted by atomic mass is 9.87. The fraction of sp³-hybridized carbons (Fsp3) is 0.600. The van der Waals surface area contributed by atoms with Crippen LogP contribution in [-0.4, -0.2) is 17.1 Å². The van der Waals surface area contributed by atoms with Crippen LogP contribution in [0, 0.1) is 5.41 Å². The van der Waals surface area contributed by atoms with Gasteiger partial charge in [0.05, 0.1) is 12.6 Å². The van der Waals surface area contributed by atoms with E-state index in [0.717, 1.165) is 0 Å². The van der Waals surface area contributed by atoms with Crippen molar-refractivity contribution in [2.24, 2.45) is 11.1 Å². The van der Waals surface area contributed by atoms with Crippen molar-refractivity contribution >= 4 is 5.91 Å². The van der Waals surface area contributed by atoms with Gasteiger partial charge < -0.3 is 15.6 Å². The monoisotopic (exact) mass is 211 g/mol. The molecule has 0 bridgehead atoms. The van der Waals surface area contributed by atoms with E-state index in [9.17, 15) is 4.79 Å². The summed E-state index contributed by atoms with van der Waals surface area (Å²) in [7, 11) is 0. The molecule has 0 aliphatic carbocycles. The minimum atomic E-state index is -0.524. The fourth-order valence-electron chi connectivity index (χ4n) is 1.01. The second-order valence-corrected chi connectivity index (χ2v) is 4.55. The molecule has 1 atom stereocenters. The van der Waals surface area contributed by atoms with Crippen molar-refractivity contribution in [3.05, 3.63) is 18.0 Å². The van der Waals surface area contributed by atoms with Crippen molar-refractivity contribution in [2.75, 3.05) is 0 Å². The smallest absolute Gasteiger partial charge is 0.237 e. The number of aromatic nitrogens is 1. The van der Waals surface area contributed by atoms with Crippen LogP contribution in [0.25, 0.3) is 0 Å². The predicted molar refractivity (Wildman–Crippen MR) is 55.8 cm³/mol. The topological polar surface area (TPSA) is 81.2 Å². The lowest BCUT2D eigenvalue weighted by Gasteiger charge is -2.25. The Morgan fingerprint density at radius 2 is 2.33 bits per heavy atom. The number of carbonyl (C=O) groups is 1. The normalized spacial score (nSPS) is 13.6. The summed E-state index contributed by atoms with van der Waals surface area (Å²) in [5.41, 5.74) is 6.22. The molecule has 0 aliphatic heterocycles. The molecule has 84 valence electrons. The van der Waals surface area contributed by atoms with Gasteiger partial charge in [-0.2, -0.15) is 0 Å². The van der Waals surface area contributed by atoms with E-state index in [1.807, 2.05) is 20.8 Å². The van der Waals surface area contributed by atoms with Crippen LogP contribution in [0.2, 0.25) is 0 Å². The number of carbonyl (C=O) groups excluding carboxylic acids is 1. The Kier molecular flexibility index (Phi) is 3.47. The van der Waals surface area contributed by atoms with Crippen LogP contribution in [-0.2, 0) is 11.3 Å². The number of nitrogens with two attached hydrogens (primary N) is 1. The molecule has 1 unspecified atom stereocenters. The van der Waals surface area contributed by atoms with Crippen LogP contribution < -0.4 is 11.1 Å². The average molecular weight is 211 g/mol. The summed E-state index contributed by atoms with van der Waals surface area (Å²) >= 11 is 0. The molecule has 1 aromatic rings. The molecule has 1 heterocycles. The average Bonchev–Trinajstić information content (AvgIpc) is 2.63. The van der Waals surface area contributed by atoms with Gasteiger partial charge in [0.1, 0.15) is 12.0 Å². The summed E-state index contributed by atoms with van der Waals surface area (Å²) < 4.78 is 4.64. The Morgan fingerprint density at radius 3 is 2.80 bits per heavy atom. The maximum Gasteiger partial charge on any atom is 0.237 e. The molecule has 15 heavy (non-hydrogen) atoms. The first-order valence-electron chi connectivity index (χ1n) is 4.84. The van der Waals surface area contributed by atoms with Crippen molar-refractivity contribution in [3.63, 3.8) is 0 Å². The number of amides is 1. The van der Waals surface area contributed by atoms with Crippen molar-refractivity contribution in [2.45, 2.75) is 33.4 Å². The van der Waals surface area contributed by atoms with Crippen molar-refractivity contribution < 1.29 is 9.32 Å². The van der Waals surface area contributed by atoms with Gasteiger partial charge in [0.15, 0.2) is 0 Å². The minimum absolute atomic E-state index is 0.175. The van der Waals surface area contributed by atoms with Crippen LogP contribution >= 0.6 is 0 Å². The Hall–Kier alpha value is -1.36. The Balaban J connectivity index is 2.43. The van der Waals surface area contributed by atoms with Gasteiger partial charge in [-0.1, -0.05) is 25.9 Å². The van der Waals surface area contributed by atoms with Gasteiger partial charge >= 0.3 is 0 Å².